The number of rotatable bonds is 3. The second kappa shape index (κ2) is 6.75. The van der Waals surface area contributed by atoms with Crippen LogP contribution in [-0.2, 0) is 9.73 Å². The van der Waals surface area contributed by atoms with Gasteiger partial charge in [0.1, 0.15) is 11.6 Å². The van der Waals surface area contributed by atoms with Crippen LogP contribution >= 0.6 is 0 Å². The lowest BCUT2D eigenvalue weighted by molar-refractivity contribution is 0.100. The summed E-state index contributed by atoms with van der Waals surface area (Å²) in [6.07, 6.45) is 1.12. The van der Waals surface area contributed by atoms with Gasteiger partial charge in [0, 0.05) is 18.7 Å². The third-order valence-corrected chi connectivity index (χ3v) is 5.15. The maximum absolute atomic E-state index is 14.3. The van der Waals surface area contributed by atoms with Gasteiger partial charge in [0.05, 0.1) is 20.2 Å². The summed E-state index contributed by atoms with van der Waals surface area (Å²) in [4.78, 5) is 16.0. The lowest BCUT2D eigenvalue weighted by Crippen LogP contribution is -2.07. The molecule has 0 aliphatic heterocycles. The standard InChI is InChI=1S/C17H13F2N3O3S/c1-10-20-16(21-25-10)11-7-8-12(14(19)9-11)17(23)22-26(2,24)15-6-4-3-5-13(15)18/h3-9H,1-2H3. The van der Waals surface area contributed by atoms with Crippen LogP contribution in [0, 0.1) is 18.6 Å². The van der Waals surface area contributed by atoms with Crippen LogP contribution in [0.1, 0.15) is 16.2 Å². The Kier molecular flexibility index (Phi) is 4.64. The number of aromatic nitrogens is 2. The average molecular weight is 377 g/mol. The van der Waals surface area contributed by atoms with Crippen molar-refractivity contribution in [1.29, 1.82) is 0 Å². The highest BCUT2D eigenvalue weighted by Crippen LogP contribution is 2.22. The molecular weight excluding hydrogens is 364 g/mol. The molecule has 1 atom stereocenters. The van der Waals surface area contributed by atoms with Gasteiger partial charge in [0.2, 0.25) is 11.7 Å². The van der Waals surface area contributed by atoms with Crippen LogP contribution in [0.4, 0.5) is 8.78 Å². The van der Waals surface area contributed by atoms with Gasteiger partial charge in [0.25, 0.3) is 5.91 Å². The zero-order valence-electron chi connectivity index (χ0n) is 13.8. The van der Waals surface area contributed by atoms with E-state index in [4.69, 9.17) is 4.52 Å². The largest absolute Gasteiger partial charge is 0.339 e. The Balaban J connectivity index is 1.98. The van der Waals surface area contributed by atoms with Crippen molar-refractivity contribution in [2.24, 2.45) is 4.36 Å². The molecule has 0 spiro atoms. The minimum atomic E-state index is -3.37. The van der Waals surface area contributed by atoms with Crippen LogP contribution in [0.5, 0.6) is 0 Å². The van der Waals surface area contributed by atoms with Gasteiger partial charge in [-0.15, -0.1) is 0 Å². The monoisotopic (exact) mass is 377 g/mol. The SMILES string of the molecule is Cc1nc(-c2ccc(C(=O)N=S(C)(=O)c3ccccc3F)c(F)c2)no1. The highest BCUT2D eigenvalue weighted by molar-refractivity contribution is 7.93. The number of carbonyl (C=O) groups excluding carboxylic acids is 1. The van der Waals surface area contributed by atoms with E-state index < -0.39 is 27.3 Å². The van der Waals surface area contributed by atoms with E-state index in [1.807, 2.05) is 0 Å². The first-order chi connectivity index (χ1) is 12.3. The fourth-order valence-corrected chi connectivity index (χ4v) is 3.53. The zero-order chi connectivity index (χ0) is 18.9. The summed E-state index contributed by atoms with van der Waals surface area (Å²) in [6, 6.07) is 8.93. The summed E-state index contributed by atoms with van der Waals surface area (Å²) in [5.74, 6) is -2.20. The molecule has 3 aromatic rings. The second-order valence-electron chi connectivity index (χ2n) is 5.46. The first-order valence-corrected chi connectivity index (χ1v) is 9.31. The Bertz CT molecular complexity index is 1120. The van der Waals surface area contributed by atoms with Gasteiger partial charge in [-0.25, -0.2) is 13.0 Å². The van der Waals surface area contributed by atoms with Gasteiger partial charge in [0.15, 0.2) is 0 Å². The van der Waals surface area contributed by atoms with Gasteiger partial charge in [-0.1, -0.05) is 23.4 Å². The Morgan fingerprint density at radius 2 is 1.88 bits per heavy atom. The van der Waals surface area contributed by atoms with Gasteiger partial charge < -0.3 is 4.52 Å². The van der Waals surface area contributed by atoms with Crippen molar-refractivity contribution >= 4 is 15.6 Å². The normalized spacial score (nSPS) is 13.2. The van der Waals surface area contributed by atoms with Crippen LogP contribution in [0.3, 0.4) is 0 Å². The fraction of sp³-hybridized carbons (Fsp3) is 0.118. The number of amides is 1. The maximum atomic E-state index is 14.3. The van der Waals surface area contributed by atoms with Crippen molar-refractivity contribution in [2.75, 3.05) is 6.26 Å². The minimum Gasteiger partial charge on any atom is -0.339 e. The minimum absolute atomic E-state index is 0.169. The summed E-state index contributed by atoms with van der Waals surface area (Å²) >= 11 is 0. The van der Waals surface area contributed by atoms with Crippen molar-refractivity contribution in [3.63, 3.8) is 0 Å². The number of aryl methyl sites for hydroxylation is 1. The van der Waals surface area contributed by atoms with E-state index in [0.717, 1.165) is 18.4 Å². The molecule has 0 N–H and O–H groups in total. The van der Waals surface area contributed by atoms with E-state index in [-0.39, 0.29) is 16.3 Å². The Labute approximate surface area is 148 Å². The number of hydrogen-bond donors (Lipinski definition) is 0. The van der Waals surface area contributed by atoms with E-state index in [0.29, 0.717) is 11.5 Å². The molecule has 0 bridgehead atoms. The molecule has 1 aromatic heterocycles. The van der Waals surface area contributed by atoms with E-state index in [9.17, 15) is 17.8 Å². The van der Waals surface area contributed by atoms with Crippen LogP contribution in [0.15, 0.2) is 56.2 Å². The molecule has 1 amide bonds. The fourth-order valence-electron chi connectivity index (χ4n) is 2.25. The third kappa shape index (κ3) is 3.52. The quantitative estimate of drug-likeness (QED) is 0.696. The molecule has 9 heteroatoms. The molecule has 0 aliphatic carbocycles. The molecule has 26 heavy (non-hydrogen) atoms. The van der Waals surface area contributed by atoms with Gasteiger partial charge >= 0.3 is 0 Å². The van der Waals surface area contributed by atoms with E-state index in [1.165, 1.54) is 30.3 Å². The number of nitrogens with zero attached hydrogens (tertiary/aromatic N) is 3. The first kappa shape index (κ1) is 17.9. The van der Waals surface area contributed by atoms with E-state index in [1.54, 1.807) is 6.92 Å². The average Bonchev–Trinajstić information content (AvgIpc) is 3.01. The van der Waals surface area contributed by atoms with Crippen LogP contribution in [0.2, 0.25) is 0 Å². The predicted octanol–water partition coefficient (Wildman–Crippen LogP) is 3.62. The molecular formula is C17H13F2N3O3S. The Hall–Kier alpha value is -2.94. The third-order valence-electron chi connectivity index (χ3n) is 3.49. The van der Waals surface area contributed by atoms with Crippen LogP contribution in [-0.4, -0.2) is 26.5 Å². The lowest BCUT2D eigenvalue weighted by atomic mass is 10.1. The first-order valence-electron chi connectivity index (χ1n) is 7.39. The van der Waals surface area contributed by atoms with Gasteiger partial charge in [-0.2, -0.15) is 9.35 Å². The van der Waals surface area contributed by atoms with Gasteiger partial charge in [-0.05, 0) is 24.3 Å². The molecule has 6 nitrogen and oxygen atoms in total. The van der Waals surface area contributed by atoms with Crippen molar-refractivity contribution in [3.05, 3.63) is 65.6 Å². The second-order valence-corrected chi connectivity index (χ2v) is 7.69. The molecule has 0 saturated carbocycles. The molecule has 0 fully saturated rings. The van der Waals surface area contributed by atoms with Crippen LogP contribution < -0.4 is 0 Å². The molecule has 3 rings (SSSR count). The smallest absolute Gasteiger partial charge is 0.288 e. The molecule has 134 valence electrons. The highest BCUT2D eigenvalue weighted by atomic mass is 32.2. The Morgan fingerprint density at radius 3 is 2.50 bits per heavy atom. The molecule has 0 aliphatic rings. The number of halogens is 2. The van der Waals surface area contributed by atoms with E-state index in [2.05, 4.69) is 14.5 Å². The highest BCUT2D eigenvalue weighted by Gasteiger charge is 2.18. The van der Waals surface area contributed by atoms with Crippen molar-refractivity contribution < 1.29 is 22.3 Å². The molecule has 1 heterocycles. The molecule has 1 unspecified atom stereocenters. The van der Waals surface area contributed by atoms with Crippen molar-refractivity contribution in [1.82, 2.24) is 10.1 Å². The number of carbonyl (C=O) groups is 1. The maximum Gasteiger partial charge on any atom is 0.288 e. The molecule has 2 aromatic carbocycles. The van der Waals surface area contributed by atoms with Gasteiger partial charge in [-0.3, -0.25) is 4.79 Å². The topological polar surface area (TPSA) is 85.4 Å². The number of benzene rings is 2. The lowest BCUT2D eigenvalue weighted by Gasteiger charge is -2.06. The zero-order valence-corrected chi connectivity index (χ0v) is 14.6. The summed E-state index contributed by atoms with van der Waals surface area (Å²) in [5.41, 5.74) is -0.0814. The van der Waals surface area contributed by atoms with Crippen LogP contribution in [0.25, 0.3) is 11.4 Å². The Morgan fingerprint density at radius 1 is 1.15 bits per heavy atom. The van der Waals surface area contributed by atoms with Crippen molar-refractivity contribution in [3.8, 4) is 11.4 Å². The summed E-state index contributed by atoms with van der Waals surface area (Å²) in [5, 5.41) is 3.66. The summed E-state index contributed by atoms with van der Waals surface area (Å²) in [7, 11) is -3.37. The summed E-state index contributed by atoms with van der Waals surface area (Å²) < 4.78 is 49.1. The molecule has 0 radical (unpaired) electrons. The number of hydrogen-bond acceptors (Lipinski definition) is 5. The molecule has 0 saturated heterocycles. The van der Waals surface area contributed by atoms with Crippen molar-refractivity contribution in [2.45, 2.75) is 11.8 Å². The summed E-state index contributed by atoms with van der Waals surface area (Å²) in [6.45, 7) is 1.59. The van der Waals surface area contributed by atoms with E-state index >= 15 is 0 Å². The predicted molar refractivity (Wildman–Crippen MR) is 89.9 cm³/mol.